The van der Waals surface area contributed by atoms with Gasteiger partial charge < -0.3 is 5.32 Å². The number of rotatable bonds is 3. The van der Waals surface area contributed by atoms with E-state index in [-0.39, 0.29) is 15.9 Å². The Kier molecular flexibility index (Phi) is 3.88. The van der Waals surface area contributed by atoms with Gasteiger partial charge in [0.15, 0.2) is 0 Å². The number of anilines is 1. The van der Waals surface area contributed by atoms with E-state index >= 15 is 0 Å². The van der Waals surface area contributed by atoms with Gasteiger partial charge in [-0.1, -0.05) is 11.6 Å². The lowest BCUT2D eigenvalue weighted by atomic mass is 10.0. The second-order valence-electron chi connectivity index (χ2n) is 6.41. The summed E-state index contributed by atoms with van der Waals surface area (Å²) in [6, 6.07) is 3.24. The summed E-state index contributed by atoms with van der Waals surface area (Å²) in [5.74, 6) is -2.78. The van der Waals surface area contributed by atoms with Crippen molar-refractivity contribution in [1.82, 2.24) is 14.5 Å². The SMILES string of the molecule is CNc1nc(C2C[C@@H]3[C@H](C2)C3(F)F)n(-c2ccc(Cl)cn2)c(=O)c1Br. The Labute approximate surface area is 155 Å². The van der Waals surface area contributed by atoms with E-state index < -0.39 is 17.8 Å². The summed E-state index contributed by atoms with van der Waals surface area (Å²) in [7, 11) is 1.65. The zero-order valence-corrected chi connectivity index (χ0v) is 15.5. The number of halogens is 4. The summed E-state index contributed by atoms with van der Waals surface area (Å²) >= 11 is 9.13. The first kappa shape index (κ1) is 16.9. The first-order valence-electron chi connectivity index (χ1n) is 7.84. The molecular weight excluding hydrogens is 418 g/mol. The zero-order chi connectivity index (χ0) is 17.9. The normalized spacial score (nSPS) is 26.4. The average Bonchev–Trinajstić information content (AvgIpc) is 2.94. The maximum Gasteiger partial charge on any atom is 0.275 e. The Bertz CT molecular complexity index is 888. The lowest BCUT2D eigenvalue weighted by Crippen LogP contribution is -2.28. The van der Waals surface area contributed by atoms with Crippen LogP contribution in [0.4, 0.5) is 14.6 Å². The van der Waals surface area contributed by atoms with Crippen molar-refractivity contribution < 1.29 is 8.78 Å². The molecule has 2 aliphatic carbocycles. The van der Waals surface area contributed by atoms with Gasteiger partial charge >= 0.3 is 0 Å². The van der Waals surface area contributed by atoms with E-state index in [1.807, 2.05) is 0 Å². The van der Waals surface area contributed by atoms with Crippen molar-refractivity contribution in [3.8, 4) is 5.82 Å². The number of hydrogen-bond acceptors (Lipinski definition) is 4. The van der Waals surface area contributed by atoms with Crippen LogP contribution < -0.4 is 10.9 Å². The van der Waals surface area contributed by atoms with Gasteiger partial charge in [0.05, 0.1) is 5.02 Å². The predicted octanol–water partition coefficient (Wildman–Crippen LogP) is 3.84. The third-order valence-electron chi connectivity index (χ3n) is 5.04. The fourth-order valence-corrected chi connectivity index (χ4v) is 4.28. The largest absolute Gasteiger partial charge is 0.372 e. The quantitative estimate of drug-likeness (QED) is 0.802. The molecule has 5 nitrogen and oxygen atoms in total. The molecule has 2 aromatic rings. The molecule has 2 aromatic heterocycles. The van der Waals surface area contributed by atoms with Crippen molar-refractivity contribution in [1.29, 1.82) is 0 Å². The monoisotopic (exact) mass is 430 g/mol. The summed E-state index contributed by atoms with van der Waals surface area (Å²) < 4.78 is 28.8. The molecule has 25 heavy (non-hydrogen) atoms. The number of nitrogens with zero attached hydrogens (tertiary/aromatic N) is 3. The molecule has 0 spiro atoms. The predicted molar refractivity (Wildman–Crippen MR) is 93.8 cm³/mol. The van der Waals surface area contributed by atoms with Crippen molar-refractivity contribution in [2.24, 2.45) is 11.8 Å². The minimum atomic E-state index is -2.57. The molecule has 2 heterocycles. The van der Waals surface area contributed by atoms with Crippen LogP contribution in [0.5, 0.6) is 0 Å². The maximum absolute atomic E-state index is 13.6. The van der Waals surface area contributed by atoms with Gasteiger partial charge in [0.25, 0.3) is 11.5 Å². The van der Waals surface area contributed by atoms with Crippen LogP contribution in [-0.4, -0.2) is 27.5 Å². The highest BCUT2D eigenvalue weighted by atomic mass is 79.9. The van der Waals surface area contributed by atoms with E-state index in [0.29, 0.717) is 35.3 Å². The highest BCUT2D eigenvalue weighted by Crippen LogP contribution is 2.67. The molecule has 3 atom stereocenters. The second kappa shape index (κ2) is 5.74. The van der Waals surface area contributed by atoms with E-state index in [9.17, 15) is 13.6 Å². The van der Waals surface area contributed by atoms with Crippen LogP contribution in [0.1, 0.15) is 24.6 Å². The number of aromatic nitrogens is 3. The minimum Gasteiger partial charge on any atom is -0.372 e. The van der Waals surface area contributed by atoms with Crippen molar-refractivity contribution in [3.05, 3.63) is 44.0 Å². The van der Waals surface area contributed by atoms with Crippen LogP contribution in [0.25, 0.3) is 5.82 Å². The number of pyridine rings is 1. The number of nitrogens with one attached hydrogen (secondary N) is 1. The Morgan fingerprint density at radius 1 is 1.36 bits per heavy atom. The fourth-order valence-electron chi connectivity index (χ4n) is 3.70. The third kappa shape index (κ3) is 2.57. The van der Waals surface area contributed by atoms with Crippen molar-refractivity contribution in [2.75, 3.05) is 12.4 Å². The van der Waals surface area contributed by atoms with Crippen LogP contribution in [0.3, 0.4) is 0 Å². The van der Waals surface area contributed by atoms with Crippen LogP contribution in [0, 0.1) is 11.8 Å². The molecule has 0 saturated heterocycles. The molecule has 0 aliphatic heterocycles. The molecule has 0 radical (unpaired) electrons. The summed E-state index contributed by atoms with van der Waals surface area (Å²) in [4.78, 5) is 21.6. The summed E-state index contributed by atoms with van der Waals surface area (Å²) in [5, 5.41) is 3.31. The molecule has 9 heteroatoms. The van der Waals surface area contributed by atoms with Crippen LogP contribution in [-0.2, 0) is 0 Å². The molecule has 1 unspecified atom stereocenters. The van der Waals surface area contributed by atoms with E-state index in [4.69, 9.17) is 11.6 Å². The van der Waals surface area contributed by atoms with E-state index in [0.717, 1.165) is 0 Å². The van der Waals surface area contributed by atoms with Gasteiger partial charge in [0.1, 0.15) is 21.9 Å². The van der Waals surface area contributed by atoms with E-state index in [2.05, 4.69) is 31.2 Å². The van der Waals surface area contributed by atoms with Gasteiger partial charge in [-0.3, -0.25) is 4.79 Å². The number of alkyl halides is 2. The van der Waals surface area contributed by atoms with Gasteiger partial charge in [-0.15, -0.1) is 0 Å². The Hall–Kier alpha value is -1.54. The lowest BCUT2D eigenvalue weighted by molar-refractivity contribution is 0.0689. The standard InChI is InChI=1S/C16H14BrClF2N4O/c1-21-13-12(17)15(25)24(11-3-2-8(18)6-22-11)14(23-13)7-4-9-10(5-7)16(9,19)20/h2-3,6-7,9-10,21H,4-5H2,1H3/t7?,9-,10+. The molecule has 2 aliphatic rings. The molecule has 1 N–H and O–H groups in total. The topological polar surface area (TPSA) is 59.8 Å². The molecule has 4 rings (SSSR count). The molecule has 0 bridgehead atoms. The van der Waals surface area contributed by atoms with Gasteiger partial charge in [-0.2, -0.15) is 0 Å². The number of hydrogen-bond donors (Lipinski definition) is 1. The smallest absolute Gasteiger partial charge is 0.275 e. The maximum atomic E-state index is 13.6. The summed E-state index contributed by atoms with van der Waals surface area (Å²) in [6.45, 7) is 0. The van der Waals surface area contributed by atoms with Crippen molar-refractivity contribution >= 4 is 33.3 Å². The zero-order valence-electron chi connectivity index (χ0n) is 13.1. The van der Waals surface area contributed by atoms with Crippen LogP contribution in [0.2, 0.25) is 5.02 Å². The summed E-state index contributed by atoms with van der Waals surface area (Å²) in [6.07, 6.45) is 2.08. The van der Waals surface area contributed by atoms with Crippen LogP contribution >= 0.6 is 27.5 Å². The van der Waals surface area contributed by atoms with Gasteiger partial charge in [0.2, 0.25) is 0 Å². The highest BCUT2D eigenvalue weighted by molar-refractivity contribution is 9.10. The van der Waals surface area contributed by atoms with Crippen LogP contribution in [0.15, 0.2) is 27.6 Å². The molecule has 0 aromatic carbocycles. The molecule has 2 fully saturated rings. The van der Waals surface area contributed by atoms with Crippen molar-refractivity contribution in [3.63, 3.8) is 0 Å². The molecule has 0 amide bonds. The molecular formula is C16H14BrClF2N4O. The van der Waals surface area contributed by atoms with Crippen molar-refractivity contribution in [2.45, 2.75) is 24.7 Å². The Balaban J connectivity index is 1.83. The first-order valence-corrected chi connectivity index (χ1v) is 9.01. The van der Waals surface area contributed by atoms with E-state index in [1.54, 1.807) is 19.2 Å². The lowest BCUT2D eigenvalue weighted by Gasteiger charge is -2.20. The first-order chi connectivity index (χ1) is 11.8. The minimum absolute atomic E-state index is 0.208. The second-order valence-corrected chi connectivity index (χ2v) is 7.64. The van der Waals surface area contributed by atoms with Gasteiger partial charge in [-0.05, 0) is 40.9 Å². The highest BCUT2D eigenvalue weighted by Gasteiger charge is 2.71. The average molecular weight is 432 g/mol. The Morgan fingerprint density at radius 3 is 2.60 bits per heavy atom. The Morgan fingerprint density at radius 2 is 2.04 bits per heavy atom. The molecule has 132 valence electrons. The van der Waals surface area contributed by atoms with E-state index in [1.165, 1.54) is 10.8 Å². The fraction of sp³-hybridized carbons (Fsp3) is 0.438. The third-order valence-corrected chi connectivity index (χ3v) is 5.98. The van der Waals surface area contributed by atoms with Gasteiger partial charge in [0, 0.05) is 31.0 Å². The number of fused-ring (bicyclic) bond motifs is 1. The summed E-state index contributed by atoms with van der Waals surface area (Å²) in [5.41, 5.74) is -0.337. The van der Waals surface area contributed by atoms with Gasteiger partial charge in [-0.25, -0.2) is 23.3 Å². The molecule has 2 saturated carbocycles.